The number of carbonyl (C=O) groups is 2. The van der Waals surface area contributed by atoms with Gasteiger partial charge < -0.3 is 15.4 Å². The highest BCUT2D eigenvalue weighted by atomic mass is 16.5. The van der Waals surface area contributed by atoms with Crippen molar-refractivity contribution in [3.8, 4) is 0 Å². The van der Waals surface area contributed by atoms with E-state index in [-0.39, 0.29) is 17.9 Å². The number of ether oxygens (including phenoxy) is 1. The Balaban J connectivity index is 2.02. The molecule has 0 spiro atoms. The normalized spacial score (nSPS) is 10.9. The van der Waals surface area contributed by atoms with Gasteiger partial charge in [0.2, 0.25) is 5.91 Å². The number of amides is 1. The van der Waals surface area contributed by atoms with E-state index >= 15 is 0 Å². The van der Waals surface area contributed by atoms with Crippen LogP contribution in [0.2, 0.25) is 0 Å². The monoisotopic (exact) mass is 340 g/mol. The van der Waals surface area contributed by atoms with Crippen molar-refractivity contribution in [3.05, 3.63) is 59.7 Å². The van der Waals surface area contributed by atoms with Crippen LogP contribution in [0.25, 0.3) is 0 Å². The smallest absolute Gasteiger partial charge is 0.337 e. The van der Waals surface area contributed by atoms with Gasteiger partial charge in [0, 0.05) is 11.4 Å². The highest BCUT2D eigenvalue weighted by Gasteiger charge is 2.18. The van der Waals surface area contributed by atoms with Crippen LogP contribution in [0, 0.1) is 0 Å². The Bertz CT molecular complexity index is 764. The van der Waals surface area contributed by atoms with Crippen molar-refractivity contribution in [1.82, 2.24) is 0 Å². The molecule has 5 nitrogen and oxygen atoms in total. The molecule has 2 rings (SSSR count). The molecular weight excluding hydrogens is 316 g/mol. The van der Waals surface area contributed by atoms with Gasteiger partial charge in [0.1, 0.15) is 0 Å². The average Bonchev–Trinajstić information content (AvgIpc) is 2.59. The summed E-state index contributed by atoms with van der Waals surface area (Å²) in [5.74, 6) is -0.563. The lowest BCUT2D eigenvalue weighted by molar-refractivity contribution is -0.114. The van der Waals surface area contributed by atoms with Crippen molar-refractivity contribution in [2.24, 2.45) is 0 Å². The van der Waals surface area contributed by atoms with E-state index in [1.807, 2.05) is 24.3 Å². The number of rotatable bonds is 5. The van der Waals surface area contributed by atoms with E-state index in [4.69, 9.17) is 4.74 Å². The van der Waals surface area contributed by atoms with Crippen LogP contribution in [-0.4, -0.2) is 25.5 Å². The summed E-state index contributed by atoms with van der Waals surface area (Å²) in [6.07, 6.45) is 0. The van der Waals surface area contributed by atoms with Crippen molar-refractivity contribution in [1.29, 1.82) is 0 Å². The van der Waals surface area contributed by atoms with Crippen LogP contribution in [0.15, 0.2) is 48.5 Å². The van der Waals surface area contributed by atoms with E-state index < -0.39 is 5.97 Å². The first-order valence-electron chi connectivity index (χ1n) is 8.13. The Kier molecular flexibility index (Phi) is 5.80. The molecule has 0 aliphatic heterocycles. The van der Waals surface area contributed by atoms with Gasteiger partial charge in [-0.2, -0.15) is 0 Å². The molecule has 0 saturated heterocycles. The molecule has 0 saturated carbocycles. The molecule has 0 atom stereocenters. The van der Waals surface area contributed by atoms with Crippen LogP contribution in [0.5, 0.6) is 0 Å². The first-order chi connectivity index (χ1) is 11.8. The molecular formula is C20H24N2O3. The average molecular weight is 340 g/mol. The zero-order valence-electron chi connectivity index (χ0n) is 15.1. The maximum atomic E-state index is 12.3. The zero-order valence-corrected chi connectivity index (χ0v) is 15.1. The van der Waals surface area contributed by atoms with Crippen LogP contribution in [-0.2, 0) is 14.9 Å². The quantitative estimate of drug-likeness (QED) is 0.812. The van der Waals surface area contributed by atoms with Crippen molar-refractivity contribution < 1.29 is 14.3 Å². The van der Waals surface area contributed by atoms with Gasteiger partial charge in [0.25, 0.3) is 0 Å². The van der Waals surface area contributed by atoms with Crippen LogP contribution in [0.3, 0.4) is 0 Å². The summed E-state index contributed by atoms with van der Waals surface area (Å²) >= 11 is 0. The molecule has 5 heteroatoms. The van der Waals surface area contributed by atoms with Crippen LogP contribution in [0.1, 0.15) is 36.7 Å². The lowest BCUT2D eigenvalue weighted by Gasteiger charge is -2.23. The molecule has 2 aromatic rings. The molecule has 132 valence electrons. The Morgan fingerprint density at radius 3 is 2.44 bits per heavy atom. The molecule has 1 amide bonds. The van der Waals surface area contributed by atoms with Gasteiger partial charge in [-0.1, -0.05) is 45.0 Å². The van der Waals surface area contributed by atoms with Crippen molar-refractivity contribution >= 4 is 23.3 Å². The molecule has 0 aromatic heterocycles. The molecule has 0 aliphatic rings. The van der Waals surface area contributed by atoms with Gasteiger partial charge in [-0.05, 0) is 35.2 Å². The number of nitrogens with one attached hydrogen (secondary N) is 2. The van der Waals surface area contributed by atoms with Crippen molar-refractivity contribution in [3.63, 3.8) is 0 Å². The molecule has 0 unspecified atom stereocenters. The molecule has 2 aromatic carbocycles. The lowest BCUT2D eigenvalue weighted by Crippen LogP contribution is -2.24. The minimum absolute atomic E-state index is 0.0633. The predicted molar refractivity (Wildman–Crippen MR) is 100 cm³/mol. The van der Waals surface area contributed by atoms with Gasteiger partial charge in [-0.15, -0.1) is 0 Å². The third-order valence-electron chi connectivity index (χ3n) is 3.75. The number of hydrogen-bond donors (Lipinski definition) is 2. The van der Waals surface area contributed by atoms with E-state index in [1.165, 1.54) is 7.11 Å². The highest BCUT2D eigenvalue weighted by molar-refractivity contribution is 5.95. The predicted octanol–water partition coefficient (Wildman–Crippen LogP) is 3.82. The number of carbonyl (C=O) groups excluding carboxylic acids is 2. The van der Waals surface area contributed by atoms with Crippen LogP contribution >= 0.6 is 0 Å². The third-order valence-corrected chi connectivity index (χ3v) is 3.75. The van der Waals surface area contributed by atoms with Gasteiger partial charge in [0.05, 0.1) is 19.2 Å². The second-order valence-electron chi connectivity index (χ2n) is 6.77. The van der Waals surface area contributed by atoms with Crippen LogP contribution < -0.4 is 10.6 Å². The number of esters is 1. The standard InChI is InChI=1S/C20H24N2O3/c1-20(2,3)16-10-5-6-11-17(16)22-18(23)13-21-15-9-7-8-14(12-15)19(24)25-4/h5-12,21H,13H2,1-4H3,(H,22,23). The lowest BCUT2D eigenvalue weighted by atomic mass is 9.86. The molecule has 0 fully saturated rings. The Labute approximate surface area is 148 Å². The van der Waals surface area contributed by atoms with E-state index in [0.717, 1.165) is 11.3 Å². The van der Waals surface area contributed by atoms with Gasteiger partial charge in [0.15, 0.2) is 0 Å². The third kappa shape index (κ3) is 5.08. The van der Waals surface area contributed by atoms with E-state index in [1.54, 1.807) is 24.3 Å². The van der Waals surface area contributed by atoms with Crippen molar-refractivity contribution in [2.75, 3.05) is 24.3 Å². The summed E-state index contributed by atoms with van der Waals surface area (Å²) in [5.41, 5.74) is 2.95. The number of methoxy groups -OCH3 is 1. The van der Waals surface area contributed by atoms with E-state index in [0.29, 0.717) is 11.3 Å². The fraction of sp³-hybridized carbons (Fsp3) is 0.300. The summed E-state index contributed by atoms with van der Waals surface area (Å²) < 4.78 is 4.69. The van der Waals surface area contributed by atoms with Gasteiger partial charge >= 0.3 is 5.97 Å². The minimum atomic E-state index is -0.410. The number of anilines is 2. The number of benzene rings is 2. The summed E-state index contributed by atoms with van der Waals surface area (Å²) in [5, 5.41) is 5.97. The summed E-state index contributed by atoms with van der Waals surface area (Å²) in [7, 11) is 1.34. The largest absolute Gasteiger partial charge is 0.465 e. The Morgan fingerprint density at radius 2 is 1.76 bits per heavy atom. The fourth-order valence-corrected chi connectivity index (χ4v) is 2.50. The van der Waals surface area contributed by atoms with Crippen molar-refractivity contribution in [2.45, 2.75) is 26.2 Å². The van der Waals surface area contributed by atoms with Gasteiger partial charge in [-0.25, -0.2) is 4.79 Å². The topological polar surface area (TPSA) is 67.4 Å². The maximum absolute atomic E-state index is 12.3. The molecule has 2 N–H and O–H groups in total. The second kappa shape index (κ2) is 7.83. The van der Waals surface area contributed by atoms with E-state index in [2.05, 4.69) is 31.4 Å². The maximum Gasteiger partial charge on any atom is 0.337 e. The molecule has 0 heterocycles. The SMILES string of the molecule is COC(=O)c1cccc(NCC(=O)Nc2ccccc2C(C)(C)C)c1. The van der Waals surface area contributed by atoms with E-state index in [9.17, 15) is 9.59 Å². The first-order valence-corrected chi connectivity index (χ1v) is 8.13. The molecule has 0 radical (unpaired) electrons. The summed E-state index contributed by atoms with van der Waals surface area (Å²) in [6.45, 7) is 6.42. The Morgan fingerprint density at radius 1 is 1.04 bits per heavy atom. The number of hydrogen-bond acceptors (Lipinski definition) is 4. The number of para-hydroxylation sites is 1. The first kappa shape index (κ1) is 18.5. The fourth-order valence-electron chi connectivity index (χ4n) is 2.50. The zero-order chi connectivity index (χ0) is 18.4. The summed E-state index contributed by atoms with van der Waals surface area (Å²) in [6, 6.07) is 14.6. The van der Waals surface area contributed by atoms with Crippen LogP contribution in [0.4, 0.5) is 11.4 Å². The minimum Gasteiger partial charge on any atom is -0.465 e. The summed E-state index contributed by atoms with van der Waals surface area (Å²) in [4.78, 5) is 23.8. The Hall–Kier alpha value is -2.82. The molecule has 0 bridgehead atoms. The highest BCUT2D eigenvalue weighted by Crippen LogP contribution is 2.29. The molecule has 0 aliphatic carbocycles. The second-order valence-corrected chi connectivity index (χ2v) is 6.77. The van der Waals surface area contributed by atoms with Gasteiger partial charge in [-0.3, -0.25) is 4.79 Å². The molecule has 25 heavy (non-hydrogen) atoms.